The summed E-state index contributed by atoms with van der Waals surface area (Å²) in [6, 6.07) is 61.3. The highest BCUT2D eigenvalue weighted by molar-refractivity contribution is 5.82. The summed E-state index contributed by atoms with van der Waals surface area (Å²) in [7, 11) is 3.12. The number of carboxylic acids is 1. The van der Waals surface area contributed by atoms with Crippen LogP contribution in [0, 0.1) is 0 Å². The first-order valence-corrected chi connectivity index (χ1v) is 31.5. The molecule has 0 saturated carbocycles. The normalized spacial score (nSPS) is 24.5. The molecule has 0 aromatic heterocycles. The molecule has 6 aromatic rings. The molecule has 97 heavy (non-hydrogen) atoms. The number of aliphatic hydroxyl groups excluding tert-OH is 1. The zero-order valence-electron chi connectivity index (χ0n) is 56.1. The number of benzene rings is 6. The van der Waals surface area contributed by atoms with E-state index in [1.807, 2.05) is 137 Å². The van der Waals surface area contributed by atoms with E-state index in [4.69, 9.17) is 71.5 Å². The first-order chi connectivity index (χ1) is 45.7. The summed E-state index contributed by atoms with van der Waals surface area (Å²) >= 11 is 0. The van der Waals surface area contributed by atoms with E-state index in [1.165, 1.54) is 41.7 Å². The highest BCUT2D eigenvalue weighted by Gasteiger charge is 2.57. The molecule has 0 amide bonds. The van der Waals surface area contributed by atoms with Crippen molar-refractivity contribution in [2.75, 3.05) is 27.4 Å². The van der Waals surface area contributed by atoms with E-state index < -0.39 is 108 Å². The lowest BCUT2D eigenvalue weighted by Gasteiger charge is -2.37. The molecule has 524 valence electrons. The van der Waals surface area contributed by atoms with Gasteiger partial charge in [-0.05, 0) is 74.4 Å². The van der Waals surface area contributed by atoms with Crippen molar-refractivity contribution in [1.82, 2.24) is 0 Å². The number of fused-ring (bicyclic) bond motifs is 2. The van der Waals surface area contributed by atoms with Crippen LogP contribution in [0.1, 0.15) is 123 Å². The minimum absolute atomic E-state index is 0. The summed E-state index contributed by atoms with van der Waals surface area (Å²) in [6.45, 7) is 15.3. The van der Waals surface area contributed by atoms with Crippen LogP contribution >= 0.6 is 0 Å². The molecule has 5 aliphatic heterocycles. The van der Waals surface area contributed by atoms with Crippen molar-refractivity contribution >= 4 is 35.6 Å². The summed E-state index contributed by atoms with van der Waals surface area (Å²) in [4.78, 5) is 61.9. The van der Waals surface area contributed by atoms with Crippen LogP contribution in [-0.4, -0.2) is 159 Å². The maximum Gasteiger partial charge on any atom is 0.310 e. The highest BCUT2D eigenvalue weighted by Crippen LogP contribution is 2.45. The number of carboxylic acid groups (broad SMARTS) is 1. The molecule has 11 rings (SSSR count). The van der Waals surface area contributed by atoms with E-state index in [2.05, 4.69) is 77.5 Å². The fourth-order valence-electron chi connectivity index (χ4n) is 11.9. The van der Waals surface area contributed by atoms with Gasteiger partial charge in [0.05, 0.1) is 19.3 Å². The quantitative estimate of drug-likeness (QED) is 0.0330. The number of carbonyl (C=O) groups excluding carboxylic acids is 5. The van der Waals surface area contributed by atoms with Crippen LogP contribution < -0.4 is 0 Å². The van der Waals surface area contributed by atoms with Crippen molar-refractivity contribution in [1.29, 1.82) is 0 Å². The third-order valence-electron chi connectivity index (χ3n) is 15.7. The topological polar surface area (TPSA) is 272 Å². The smallest absolute Gasteiger partial charge is 0.310 e. The molecule has 12 atom stereocenters. The molecule has 5 fully saturated rings. The van der Waals surface area contributed by atoms with E-state index in [-0.39, 0.29) is 38.1 Å². The third kappa shape index (κ3) is 20.8. The molecule has 2 N–H and O–H groups in total. The summed E-state index contributed by atoms with van der Waals surface area (Å²) in [5.74, 6) is -4.48. The maximum atomic E-state index is 11.1. The molecule has 5 aliphatic rings. The Morgan fingerprint density at radius 3 is 1.07 bits per heavy atom. The number of ketones is 1. The fourth-order valence-corrected chi connectivity index (χ4v) is 11.9. The Hall–Kier alpha value is -7.94. The van der Waals surface area contributed by atoms with Gasteiger partial charge in [0.2, 0.25) is 6.29 Å². The number of aliphatic hydroxyl groups is 1. The van der Waals surface area contributed by atoms with E-state index in [0.717, 1.165) is 40.3 Å². The predicted octanol–water partition coefficient (Wildman–Crippen LogP) is 10.5. The third-order valence-corrected chi connectivity index (χ3v) is 15.7. The Balaban J connectivity index is 0.000000217. The van der Waals surface area contributed by atoms with Crippen molar-refractivity contribution in [2.24, 2.45) is 0 Å². The zero-order chi connectivity index (χ0) is 69.8. The number of carbonyl (C=O) groups is 6. The molecule has 6 aromatic carbocycles. The Morgan fingerprint density at radius 2 is 0.763 bits per heavy atom. The van der Waals surface area contributed by atoms with E-state index in [0.29, 0.717) is 19.4 Å². The highest BCUT2D eigenvalue weighted by atomic mass is 16.9. The van der Waals surface area contributed by atoms with Gasteiger partial charge in [-0.2, -0.15) is 0 Å². The fraction of sp³-hybridized carbons (Fsp3) is 0.440. The molecule has 0 radical (unpaired) electrons. The maximum absolute atomic E-state index is 11.1. The van der Waals surface area contributed by atoms with Gasteiger partial charge in [0.1, 0.15) is 59.7 Å². The molecule has 5 heterocycles. The first kappa shape index (κ1) is 78.1. The number of ether oxygens (including phenoxy) is 14. The molecular weight excluding hydrogens is 1250 g/mol. The standard InChI is InChI=1S/C28H30O5.C27H28O5.C13H20O7.C4H6O3.C2H4O2.CH4/c1-27(2)32-25-24(29-3)23(31-26(25)33-27)19-30-28(20-13-7-4-8-14-20,21-15-9-5-10-16-21)22-17-11-6-12-18-22;1-26(2)31-24-23(28)22(30-25(24)32-26)18-29-27(19-12-6-3-7-13-19,20-14-8-4-9-15-20)21-16-10-5-11-17-21;1-7(14)5-6-10-11(17-4)12(18-8(2)15)13(20-10)19-9(3)16;1-3(5)7-4(2)6;1-2(3)4;/h4-18,23-26H,19H2,1-3H3;3-17,22-25,28H,18H2,1-2H3;10-13H,5-6H2,1-4H3;1-2H3;1H3,(H,3,4);1H4/t23-,24+,25-,26-;22-,23+,24-,25-;10-,11+,12-,13?;;;/m111.../s1. The average molecular weight is 1350 g/mol. The second-order valence-electron chi connectivity index (χ2n) is 23.9. The van der Waals surface area contributed by atoms with Gasteiger partial charge in [-0.15, -0.1) is 0 Å². The molecule has 0 bridgehead atoms. The van der Waals surface area contributed by atoms with Gasteiger partial charge >= 0.3 is 23.9 Å². The van der Waals surface area contributed by atoms with Crippen molar-refractivity contribution in [3.8, 4) is 0 Å². The second-order valence-corrected chi connectivity index (χ2v) is 23.9. The Labute approximate surface area is 567 Å². The zero-order valence-corrected chi connectivity index (χ0v) is 56.1. The number of hydrogen-bond acceptors (Lipinski definition) is 21. The van der Waals surface area contributed by atoms with Gasteiger partial charge in [0, 0.05) is 55.3 Å². The first-order valence-electron chi connectivity index (χ1n) is 31.5. The minimum Gasteiger partial charge on any atom is -0.481 e. The summed E-state index contributed by atoms with van der Waals surface area (Å²) in [5.41, 5.74) is 4.45. The Bertz CT molecular complexity index is 3200. The van der Waals surface area contributed by atoms with Crippen LogP contribution in [-0.2, 0) is 106 Å². The SMILES string of the molecule is C.CC(=O)O.CC(=O)OC(C)=O.CC1(C)O[C@H]2O[C@H](COC(c3ccccc3)(c3ccccc3)c3ccccc3)[C@H](O)[C@H]2O1.CO[C@@H]1[C@H]2OC(C)(C)O[C@H]2O[C@@H]1COC(c1ccccc1)(c1ccccc1)c1ccccc1.CO[C@H]1[C@@H](CCC(C)=O)OC(OC(C)=O)[C@@H]1OC(C)=O. The molecule has 0 spiro atoms. The van der Waals surface area contributed by atoms with Crippen molar-refractivity contribution in [3.63, 3.8) is 0 Å². The number of methoxy groups -OCH3 is 2. The van der Waals surface area contributed by atoms with E-state index in [9.17, 15) is 29.1 Å². The van der Waals surface area contributed by atoms with Gasteiger partial charge in [-0.1, -0.05) is 189 Å². The monoisotopic (exact) mass is 1340 g/mol. The van der Waals surface area contributed by atoms with Gasteiger partial charge in [-0.3, -0.25) is 24.0 Å². The lowest BCUT2D eigenvalue weighted by molar-refractivity contribution is -0.225. The molecule has 5 saturated heterocycles. The summed E-state index contributed by atoms with van der Waals surface area (Å²) in [6.07, 6.45) is -6.14. The van der Waals surface area contributed by atoms with Gasteiger partial charge in [0.15, 0.2) is 30.3 Å². The van der Waals surface area contributed by atoms with Gasteiger partial charge < -0.3 is 81.3 Å². The van der Waals surface area contributed by atoms with Gasteiger partial charge in [0.25, 0.3) is 5.97 Å². The van der Waals surface area contributed by atoms with Gasteiger partial charge in [-0.25, -0.2) is 0 Å². The number of hydrogen-bond donors (Lipinski definition) is 2. The van der Waals surface area contributed by atoms with Crippen molar-refractivity contribution in [3.05, 3.63) is 215 Å². The van der Waals surface area contributed by atoms with Crippen LogP contribution in [0.25, 0.3) is 0 Å². The molecule has 22 heteroatoms. The van der Waals surface area contributed by atoms with Crippen molar-refractivity contribution in [2.45, 2.75) is 186 Å². The van der Waals surface area contributed by atoms with Crippen LogP contribution in [0.15, 0.2) is 182 Å². The minimum atomic E-state index is -1.02. The molecule has 22 nitrogen and oxygen atoms in total. The number of aliphatic carboxylic acids is 1. The summed E-state index contributed by atoms with van der Waals surface area (Å²) in [5, 5.41) is 18.3. The van der Waals surface area contributed by atoms with E-state index in [1.54, 1.807) is 7.11 Å². The largest absolute Gasteiger partial charge is 0.481 e. The second kappa shape index (κ2) is 36.1. The number of rotatable bonds is 19. The Kier molecular flexibility index (Phi) is 29.0. The van der Waals surface area contributed by atoms with Crippen LogP contribution in [0.5, 0.6) is 0 Å². The molecule has 0 aliphatic carbocycles. The number of esters is 4. The number of Topliss-reactive ketones (excluding diaryl/α,β-unsaturated/α-hetero) is 1. The van der Waals surface area contributed by atoms with Crippen molar-refractivity contribution < 1.29 is 105 Å². The Morgan fingerprint density at radius 1 is 0.433 bits per heavy atom. The summed E-state index contributed by atoms with van der Waals surface area (Å²) < 4.78 is 80.3. The molecule has 1 unspecified atom stereocenters. The van der Waals surface area contributed by atoms with Crippen LogP contribution in [0.4, 0.5) is 0 Å². The average Bonchev–Trinajstić information content (AvgIpc) is 1.75. The lowest BCUT2D eigenvalue weighted by atomic mass is 9.80. The van der Waals surface area contributed by atoms with Crippen LogP contribution in [0.2, 0.25) is 0 Å². The molecular formula is C75H92O22. The van der Waals surface area contributed by atoms with Crippen LogP contribution in [0.3, 0.4) is 0 Å². The van der Waals surface area contributed by atoms with E-state index >= 15 is 0 Å². The predicted molar refractivity (Wildman–Crippen MR) is 354 cm³/mol. The lowest BCUT2D eigenvalue weighted by Crippen LogP contribution is -2.41.